The lowest BCUT2D eigenvalue weighted by Gasteiger charge is -2.36. The molecule has 28 heavy (non-hydrogen) atoms. The Morgan fingerprint density at radius 1 is 1.25 bits per heavy atom. The lowest BCUT2D eigenvalue weighted by Crippen LogP contribution is -2.42. The van der Waals surface area contributed by atoms with Crippen LogP contribution in [-0.4, -0.2) is 53.4 Å². The maximum Gasteiger partial charge on any atom is 0.225 e. The number of aryl methyl sites for hydroxylation is 1. The average molecular weight is 385 g/mol. The van der Waals surface area contributed by atoms with Gasteiger partial charge in [0.15, 0.2) is 0 Å². The third-order valence-electron chi connectivity index (χ3n) is 5.53. The van der Waals surface area contributed by atoms with Gasteiger partial charge in [-0.3, -0.25) is 9.69 Å². The Labute approximate surface area is 167 Å². The zero-order valence-electron chi connectivity index (χ0n) is 17.0. The average Bonchev–Trinajstić information content (AvgIpc) is 3.17. The molecule has 0 bridgehead atoms. The number of methoxy groups -OCH3 is 1. The number of rotatable bonds is 9. The van der Waals surface area contributed by atoms with E-state index in [1.165, 1.54) is 5.56 Å². The van der Waals surface area contributed by atoms with Crippen molar-refractivity contribution >= 4 is 11.7 Å². The van der Waals surface area contributed by atoms with E-state index < -0.39 is 0 Å². The van der Waals surface area contributed by atoms with Crippen LogP contribution < -0.4 is 5.32 Å². The number of carbonyl (C=O) groups is 1. The summed E-state index contributed by atoms with van der Waals surface area (Å²) in [6.07, 6.45) is 6.14. The van der Waals surface area contributed by atoms with Gasteiger partial charge in [0.05, 0.1) is 18.8 Å². The highest BCUT2D eigenvalue weighted by atomic mass is 16.5. The molecule has 1 aromatic heterocycles. The van der Waals surface area contributed by atoms with Gasteiger partial charge in [-0.25, -0.2) is 4.68 Å². The van der Waals surface area contributed by atoms with Crippen LogP contribution in [-0.2, 0) is 16.0 Å². The molecule has 1 N–H and O–H groups in total. The van der Waals surface area contributed by atoms with Crippen molar-refractivity contribution in [1.29, 1.82) is 0 Å². The number of anilines is 1. The molecule has 0 aliphatic carbocycles. The highest BCUT2D eigenvalue weighted by molar-refractivity contribution is 5.89. The Bertz CT molecular complexity index is 723. The van der Waals surface area contributed by atoms with Crippen LogP contribution in [0.3, 0.4) is 0 Å². The van der Waals surface area contributed by atoms with E-state index in [4.69, 9.17) is 4.74 Å². The zero-order valence-corrected chi connectivity index (χ0v) is 17.0. The van der Waals surface area contributed by atoms with Gasteiger partial charge in [-0.1, -0.05) is 30.3 Å². The second kappa shape index (κ2) is 10.4. The topological polar surface area (TPSA) is 59.4 Å². The molecule has 0 saturated carbocycles. The van der Waals surface area contributed by atoms with Gasteiger partial charge in [-0.2, -0.15) is 5.10 Å². The predicted molar refractivity (Wildman–Crippen MR) is 111 cm³/mol. The second-order valence-electron chi connectivity index (χ2n) is 7.62. The summed E-state index contributed by atoms with van der Waals surface area (Å²) in [5, 5.41) is 7.54. The molecule has 0 spiro atoms. The molecular formula is C22H32N4O2. The fourth-order valence-electron chi connectivity index (χ4n) is 3.93. The van der Waals surface area contributed by atoms with E-state index in [0.29, 0.717) is 18.5 Å². The van der Waals surface area contributed by atoms with E-state index >= 15 is 0 Å². The van der Waals surface area contributed by atoms with Crippen molar-refractivity contribution in [3.63, 3.8) is 0 Å². The molecule has 2 heterocycles. The lowest BCUT2D eigenvalue weighted by atomic mass is 10.0. The number of hydrogen-bond acceptors (Lipinski definition) is 4. The van der Waals surface area contributed by atoms with E-state index in [9.17, 15) is 4.79 Å². The molecule has 3 rings (SSSR count). The molecule has 1 saturated heterocycles. The van der Waals surface area contributed by atoms with Crippen molar-refractivity contribution in [2.75, 3.05) is 32.1 Å². The summed E-state index contributed by atoms with van der Waals surface area (Å²) in [7, 11) is 1.75. The van der Waals surface area contributed by atoms with Crippen LogP contribution in [0.5, 0.6) is 0 Å². The fourth-order valence-corrected chi connectivity index (χ4v) is 3.93. The van der Waals surface area contributed by atoms with Gasteiger partial charge in [-0.05, 0) is 38.2 Å². The molecular weight excluding hydrogens is 352 g/mol. The largest absolute Gasteiger partial charge is 0.383 e. The quantitative estimate of drug-likeness (QED) is 0.719. The molecule has 1 aromatic carbocycles. The Balaban J connectivity index is 1.46. The number of nitrogens with one attached hydrogen (secondary N) is 1. The number of likely N-dealkylation sites (tertiary alicyclic amines) is 1. The summed E-state index contributed by atoms with van der Waals surface area (Å²) < 4.78 is 7.27. The Kier molecular flexibility index (Phi) is 7.62. The number of amides is 1. The number of benzene rings is 1. The smallest absolute Gasteiger partial charge is 0.225 e. The summed E-state index contributed by atoms with van der Waals surface area (Å²) in [5.74, 6) is 0.872. The Hall–Kier alpha value is -2.18. The highest BCUT2D eigenvalue weighted by Crippen LogP contribution is 2.26. The molecule has 1 aliphatic rings. The third kappa shape index (κ3) is 5.66. The van der Waals surface area contributed by atoms with Crippen molar-refractivity contribution in [2.45, 2.75) is 51.1 Å². The predicted octanol–water partition coefficient (Wildman–Crippen LogP) is 3.52. The van der Waals surface area contributed by atoms with Gasteiger partial charge in [0.2, 0.25) is 5.91 Å². The molecule has 1 atom stereocenters. The van der Waals surface area contributed by atoms with Gasteiger partial charge in [0.25, 0.3) is 0 Å². The highest BCUT2D eigenvalue weighted by Gasteiger charge is 2.25. The molecule has 152 valence electrons. The fraction of sp³-hybridized carbons (Fsp3) is 0.545. The van der Waals surface area contributed by atoms with Crippen molar-refractivity contribution in [1.82, 2.24) is 14.7 Å². The number of nitrogens with zero attached hydrogens (tertiary/aromatic N) is 3. The van der Waals surface area contributed by atoms with Gasteiger partial charge < -0.3 is 10.1 Å². The lowest BCUT2D eigenvalue weighted by molar-refractivity contribution is -0.116. The van der Waals surface area contributed by atoms with Crippen molar-refractivity contribution < 1.29 is 9.53 Å². The monoisotopic (exact) mass is 384 g/mol. The van der Waals surface area contributed by atoms with Crippen molar-refractivity contribution in [3.8, 4) is 0 Å². The van der Waals surface area contributed by atoms with Crippen LogP contribution >= 0.6 is 0 Å². The summed E-state index contributed by atoms with van der Waals surface area (Å²) in [6, 6.07) is 13.0. The maximum atomic E-state index is 12.4. The number of hydrogen-bond donors (Lipinski definition) is 1. The van der Waals surface area contributed by atoms with Gasteiger partial charge >= 0.3 is 0 Å². The maximum absolute atomic E-state index is 12.4. The minimum absolute atomic E-state index is 0.0591. The molecule has 0 radical (unpaired) electrons. The summed E-state index contributed by atoms with van der Waals surface area (Å²) in [6.45, 7) is 5.02. The standard InChI is InChI=1S/C22H32N4O2/c1-18(17-28-2)25-15-12-20(13-16-25)26-21(11-14-23-26)24-22(27)10-6-9-19-7-4-3-5-8-19/h3-5,7-8,11,14,18,20H,6,9-10,12-13,15-17H2,1-2H3,(H,24,27)/t18-/m1/s1. The van der Waals surface area contributed by atoms with E-state index in [2.05, 4.69) is 34.4 Å². The second-order valence-corrected chi connectivity index (χ2v) is 7.62. The van der Waals surface area contributed by atoms with E-state index in [1.54, 1.807) is 13.3 Å². The first kappa shape index (κ1) is 20.6. The normalized spacial score (nSPS) is 16.8. The number of ether oxygens (including phenoxy) is 1. The van der Waals surface area contributed by atoms with Crippen LogP contribution in [0.15, 0.2) is 42.6 Å². The third-order valence-corrected chi connectivity index (χ3v) is 5.53. The summed E-state index contributed by atoms with van der Waals surface area (Å²) in [4.78, 5) is 14.8. The molecule has 1 fully saturated rings. The minimum Gasteiger partial charge on any atom is -0.383 e. The SMILES string of the molecule is COC[C@@H](C)N1CCC(n2nccc2NC(=O)CCCc2ccccc2)CC1. The van der Waals surface area contributed by atoms with E-state index in [0.717, 1.165) is 51.2 Å². The van der Waals surface area contributed by atoms with Crippen LogP contribution in [0, 0.1) is 0 Å². The van der Waals surface area contributed by atoms with Gasteiger partial charge in [0.1, 0.15) is 5.82 Å². The number of piperidine rings is 1. The molecule has 1 aliphatic heterocycles. The van der Waals surface area contributed by atoms with Crippen LogP contribution in [0.4, 0.5) is 5.82 Å². The number of carbonyl (C=O) groups excluding carboxylic acids is 1. The first-order valence-electron chi connectivity index (χ1n) is 10.3. The van der Waals surface area contributed by atoms with E-state index in [-0.39, 0.29) is 5.91 Å². The first-order chi connectivity index (χ1) is 13.7. The Morgan fingerprint density at radius 2 is 2.00 bits per heavy atom. The molecule has 2 aromatic rings. The molecule has 1 amide bonds. The van der Waals surface area contributed by atoms with E-state index in [1.807, 2.05) is 28.9 Å². The van der Waals surface area contributed by atoms with Gasteiger partial charge in [-0.15, -0.1) is 0 Å². The van der Waals surface area contributed by atoms with Crippen LogP contribution in [0.25, 0.3) is 0 Å². The summed E-state index contributed by atoms with van der Waals surface area (Å²) in [5.41, 5.74) is 1.27. The zero-order chi connectivity index (χ0) is 19.8. The summed E-state index contributed by atoms with van der Waals surface area (Å²) >= 11 is 0. The van der Waals surface area contributed by atoms with Crippen LogP contribution in [0.2, 0.25) is 0 Å². The minimum atomic E-state index is 0.0591. The van der Waals surface area contributed by atoms with Gasteiger partial charge in [0, 0.05) is 38.7 Å². The van der Waals surface area contributed by atoms with Crippen molar-refractivity contribution in [2.24, 2.45) is 0 Å². The molecule has 6 heteroatoms. The Morgan fingerprint density at radius 3 is 2.71 bits per heavy atom. The number of aromatic nitrogens is 2. The molecule has 6 nitrogen and oxygen atoms in total. The molecule has 0 unspecified atom stereocenters. The first-order valence-corrected chi connectivity index (χ1v) is 10.3. The van der Waals surface area contributed by atoms with Crippen molar-refractivity contribution in [3.05, 3.63) is 48.2 Å². The van der Waals surface area contributed by atoms with Crippen LogP contribution in [0.1, 0.15) is 44.2 Å².